The van der Waals surface area contributed by atoms with E-state index in [1.54, 1.807) is 4.52 Å². The van der Waals surface area contributed by atoms with Crippen LogP contribution in [0.2, 0.25) is 5.02 Å². The lowest BCUT2D eigenvalue weighted by Gasteiger charge is -2.12. The van der Waals surface area contributed by atoms with E-state index >= 15 is 0 Å². The van der Waals surface area contributed by atoms with Gasteiger partial charge in [-0.05, 0) is 43.5 Å². The maximum absolute atomic E-state index is 11.2. The van der Waals surface area contributed by atoms with E-state index in [1.165, 1.54) is 6.20 Å². The first-order valence-electron chi connectivity index (χ1n) is 7.78. The Hall–Kier alpha value is -2.60. The van der Waals surface area contributed by atoms with Crippen LogP contribution < -0.4 is 10.6 Å². The largest absolute Gasteiger partial charge is 0.367 e. The summed E-state index contributed by atoms with van der Waals surface area (Å²) in [5.41, 5.74) is 2.86. The molecule has 0 amide bonds. The standard InChI is InChI=1S/C17H16ClN5O/c1-10-6-13(4-5-14(10)18)20-15-7-16(21-12-2-3-12)23-17(22-15)11(9-24)8-19-23/h4-9,12,21H,2-3H2,1H3,(H,20,22). The van der Waals surface area contributed by atoms with Gasteiger partial charge in [-0.15, -0.1) is 0 Å². The van der Waals surface area contributed by atoms with E-state index in [0.717, 1.165) is 41.2 Å². The summed E-state index contributed by atoms with van der Waals surface area (Å²) in [6, 6.07) is 8.06. The van der Waals surface area contributed by atoms with Crippen molar-refractivity contribution in [2.24, 2.45) is 0 Å². The van der Waals surface area contributed by atoms with Crippen LogP contribution in [0.5, 0.6) is 0 Å². The van der Waals surface area contributed by atoms with E-state index < -0.39 is 0 Å². The van der Waals surface area contributed by atoms with Crippen LogP contribution in [0, 0.1) is 6.92 Å². The number of aryl methyl sites for hydroxylation is 1. The number of halogens is 1. The quantitative estimate of drug-likeness (QED) is 0.690. The molecule has 1 saturated carbocycles. The molecule has 0 unspecified atom stereocenters. The number of carbonyl (C=O) groups excluding carboxylic acids is 1. The Kier molecular flexibility index (Phi) is 3.61. The summed E-state index contributed by atoms with van der Waals surface area (Å²) in [6.45, 7) is 1.95. The first-order chi connectivity index (χ1) is 11.6. The number of benzene rings is 1. The van der Waals surface area contributed by atoms with Crippen molar-refractivity contribution < 1.29 is 4.79 Å². The molecule has 0 bridgehead atoms. The number of anilines is 3. The van der Waals surface area contributed by atoms with Crippen molar-refractivity contribution in [3.8, 4) is 0 Å². The summed E-state index contributed by atoms with van der Waals surface area (Å²) in [6.07, 6.45) is 4.59. The van der Waals surface area contributed by atoms with Crippen molar-refractivity contribution in [3.05, 3.63) is 46.6 Å². The average molecular weight is 342 g/mol. The molecule has 0 atom stereocenters. The van der Waals surface area contributed by atoms with E-state index in [4.69, 9.17) is 11.6 Å². The summed E-state index contributed by atoms with van der Waals surface area (Å²) in [7, 11) is 0. The van der Waals surface area contributed by atoms with Crippen LogP contribution in [0.4, 0.5) is 17.3 Å². The normalized spacial score (nSPS) is 13.9. The topological polar surface area (TPSA) is 71.3 Å². The van der Waals surface area contributed by atoms with Crippen LogP contribution in [0.1, 0.15) is 28.8 Å². The highest BCUT2D eigenvalue weighted by Gasteiger charge is 2.23. The Morgan fingerprint density at radius 3 is 2.88 bits per heavy atom. The van der Waals surface area contributed by atoms with Crippen molar-refractivity contribution in [2.75, 3.05) is 10.6 Å². The molecule has 6 nitrogen and oxygen atoms in total. The minimum Gasteiger partial charge on any atom is -0.367 e. The van der Waals surface area contributed by atoms with Gasteiger partial charge in [0.25, 0.3) is 0 Å². The summed E-state index contributed by atoms with van der Waals surface area (Å²) in [4.78, 5) is 15.8. The number of carbonyl (C=O) groups is 1. The minimum absolute atomic E-state index is 0.463. The molecule has 2 N–H and O–H groups in total. The van der Waals surface area contributed by atoms with Gasteiger partial charge in [-0.3, -0.25) is 4.79 Å². The van der Waals surface area contributed by atoms with Crippen molar-refractivity contribution in [2.45, 2.75) is 25.8 Å². The highest BCUT2D eigenvalue weighted by atomic mass is 35.5. The van der Waals surface area contributed by atoms with Gasteiger partial charge in [0.2, 0.25) is 0 Å². The van der Waals surface area contributed by atoms with Gasteiger partial charge in [0, 0.05) is 22.8 Å². The summed E-state index contributed by atoms with van der Waals surface area (Å²) >= 11 is 6.07. The van der Waals surface area contributed by atoms with Gasteiger partial charge in [0.05, 0.1) is 11.8 Å². The molecular formula is C17H16ClN5O. The lowest BCUT2D eigenvalue weighted by Crippen LogP contribution is -2.09. The van der Waals surface area contributed by atoms with Gasteiger partial charge < -0.3 is 10.6 Å². The molecule has 2 heterocycles. The van der Waals surface area contributed by atoms with Crippen molar-refractivity contribution in [1.29, 1.82) is 0 Å². The smallest absolute Gasteiger partial charge is 0.170 e. The molecule has 0 aliphatic heterocycles. The number of aldehydes is 1. The first-order valence-corrected chi connectivity index (χ1v) is 8.15. The third kappa shape index (κ3) is 2.80. The second-order valence-corrected chi connectivity index (χ2v) is 6.39. The predicted octanol–water partition coefficient (Wildman–Crippen LogP) is 3.82. The van der Waals surface area contributed by atoms with Crippen LogP contribution >= 0.6 is 11.6 Å². The first kappa shape index (κ1) is 15.0. The molecule has 0 spiro atoms. The van der Waals surface area contributed by atoms with Crippen molar-refractivity contribution in [1.82, 2.24) is 14.6 Å². The number of hydrogen-bond acceptors (Lipinski definition) is 5. The molecule has 4 rings (SSSR count). The zero-order valence-corrected chi connectivity index (χ0v) is 13.8. The Morgan fingerprint density at radius 2 is 2.17 bits per heavy atom. The number of hydrogen-bond donors (Lipinski definition) is 2. The maximum atomic E-state index is 11.2. The van der Waals surface area contributed by atoms with Crippen LogP contribution in [-0.2, 0) is 0 Å². The Balaban J connectivity index is 1.75. The van der Waals surface area contributed by atoms with Crippen molar-refractivity contribution >= 4 is 40.9 Å². The Bertz CT molecular complexity index is 932. The van der Waals surface area contributed by atoms with E-state index in [-0.39, 0.29) is 0 Å². The van der Waals surface area contributed by atoms with E-state index in [2.05, 4.69) is 20.7 Å². The van der Waals surface area contributed by atoms with Gasteiger partial charge in [-0.25, -0.2) is 4.98 Å². The lowest BCUT2D eigenvalue weighted by molar-refractivity contribution is 0.112. The second kappa shape index (κ2) is 5.79. The molecular weight excluding hydrogens is 326 g/mol. The molecule has 1 aliphatic carbocycles. The molecule has 2 aromatic heterocycles. The fourth-order valence-electron chi connectivity index (χ4n) is 2.54. The zero-order chi connectivity index (χ0) is 16.7. The average Bonchev–Trinajstić information content (AvgIpc) is 3.28. The van der Waals surface area contributed by atoms with Gasteiger partial charge in [0.1, 0.15) is 11.6 Å². The molecule has 0 saturated heterocycles. The zero-order valence-electron chi connectivity index (χ0n) is 13.1. The fraction of sp³-hybridized carbons (Fsp3) is 0.235. The van der Waals surface area contributed by atoms with E-state index in [9.17, 15) is 4.79 Å². The molecule has 1 aliphatic rings. The Morgan fingerprint density at radius 1 is 1.33 bits per heavy atom. The molecule has 7 heteroatoms. The molecule has 1 fully saturated rings. The molecule has 3 aromatic rings. The molecule has 122 valence electrons. The van der Waals surface area contributed by atoms with E-state index in [1.807, 2.05) is 31.2 Å². The summed E-state index contributed by atoms with van der Waals surface area (Å²) in [5.74, 6) is 1.47. The number of nitrogens with zero attached hydrogens (tertiary/aromatic N) is 3. The van der Waals surface area contributed by atoms with E-state index in [0.29, 0.717) is 23.1 Å². The third-order valence-electron chi connectivity index (χ3n) is 3.99. The Labute approximate surface area is 143 Å². The fourth-order valence-corrected chi connectivity index (χ4v) is 2.65. The van der Waals surface area contributed by atoms with Crippen LogP contribution in [0.3, 0.4) is 0 Å². The minimum atomic E-state index is 0.463. The lowest BCUT2D eigenvalue weighted by atomic mass is 10.2. The number of nitrogens with one attached hydrogen (secondary N) is 2. The van der Waals surface area contributed by atoms with Gasteiger partial charge in [0.15, 0.2) is 11.9 Å². The van der Waals surface area contributed by atoms with Crippen molar-refractivity contribution in [3.63, 3.8) is 0 Å². The van der Waals surface area contributed by atoms with Crippen LogP contribution in [0.15, 0.2) is 30.5 Å². The molecule has 24 heavy (non-hydrogen) atoms. The van der Waals surface area contributed by atoms with Crippen LogP contribution in [0.25, 0.3) is 5.65 Å². The molecule has 0 radical (unpaired) electrons. The molecule has 1 aromatic carbocycles. The van der Waals surface area contributed by atoms with Gasteiger partial charge in [-0.1, -0.05) is 11.6 Å². The maximum Gasteiger partial charge on any atom is 0.170 e. The SMILES string of the molecule is Cc1cc(Nc2cc(NC3CC3)n3ncc(C=O)c3n2)ccc1Cl. The summed E-state index contributed by atoms with van der Waals surface area (Å²) in [5, 5.41) is 11.7. The highest BCUT2D eigenvalue weighted by molar-refractivity contribution is 6.31. The van der Waals surface area contributed by atoms with Gasteiger partial charge >= 0.3 is 0 Å². The monoisotopic (exact) mass is 341 g/mol. The number of fused-ring (bicyclic) bond motifs is 1. The summed E-state index contributed by atoms with van der Waals surface area (Å²) < 4.78 is 1.67. The third-order valence-corrected chi connectivity index (χ3v) is 4.41. The number of aromatic nitrogens is 3. The van der Waals surface area contributed by atoms with Gasteiger partial charge in [-0.2, -0.15) is 9.61 Å². The van der Waals surface area contributed by atoms with Crippen LogP contribution in [-0.4, -0.2) is 26.9 Å². The predicted molar refractivity (Wildman–Crippen MR) is 94.5 cm³/mol. The highest BCUT2D eigenvalue weighted by Crippen LogP contribution is 2.28. The number of rotatable bonds is 5. The second-order valence-electron chi connectivity index (χ2n) is 5.99.